The third-order valence-electron chi connectivity index (χ3n) is 2.51. The Morgan fingerprint density at radius 3 is 2.74 bits per heavy atom. The number of urea groups is 1. The van der Waals surface area contributed by atoms with Crippen LogP contribution in [0.1, 0.15) is 10.5 Å². The van der Waals surface area contributed by atoms with Gasteiger partial charge in [-0.2, -0.15) is 5.10 Å². The van der Waals surface area contributed by atoms with Gasteiger partial charge in [-0.05, 0) is 18.2 Å². The Morgan fingerprint density at radius 1 is 1.26 bits per heavy atom. The van der Waals surface area contributed by atoms with Crippen LogP contribution in [0.3, 0.4) is 0 Å². The third kappa shape index (κ3) is 2.92. The maximum Gasteiger partial charge on any atom is 0.312 e. The van der Waals surface area contributed by atoms with Gasteiger partial charge in [0.2, 0.25) is 0 Å². The first-order valence-corrected chi connectivity index (χ1v) is 5.63. The topological polar surface area (TPSA) is 139 Å². The number of anilines is 1. The number of aromatic nitrogens is 2. The van der Waals surface area contributed by atoms with Crippen molar-refractivity contribution in [1.29, 1.82) is 0 Å². The molecule has 0 saturated heterocycles. The number of benzene rings is 1. The Morgan fingerprint density at radius 2 is 2.00 bits per heavy atom. The second kappa shape index (κ2) is 5.25. The van der Waals surface area contributed by atoms with Gasteiger partial charge in [0.15, 0.2) is 5.69 Å². The zero-order valence-corrected chi connectivity index (χ0v) is 10.1. The zero-order valence-electron chi connectivity index (χ0n) is 10.1. The van der Waals surface area contributed by atoms with Gasteiger partial charge in [-0.15, -0.1) is 0 Å². The maximum absolute atomic E-state index is 11.9. The molecule has 1 heterocycles. The minimum atomic E-state index is -0.632. The second-order valence-corrected chi connectivity index (χ2v) is 3.92. The fourth-order valence-electron chi connectivity index (χ4n) is 1.65. The second-order valence-electron chi connectivity index (χ2n) is 3.92. The molecule has 7 N–H and O–H groups in total. The molecule has 0 unspecified atom stereocenters. The molecule has 3 amide bonds. The van der Waals surface area contributed by atoms with Gasteiger partial charge in [-0.25, -0.2) is 4.79 Å². The van der Waals surface area contributed by atoms with Gasteiger partial charge in [0.05, 0.1) is 5.52 Å². The minimum absolute atomic E-state index is 0.256. The molecule has 0 aliphatic carbocycles. The van der Waals surface area contributed by atoms with E-state index in [1.54, 1.807) is 18.2 Å². The molecule has 0 aliphatic heterocycles. The highest BCUT2D eigenvalue weighted by atomic mass is 16.2. The number of nitrogen functional groups attached to an aromatic ring is 1. The molecular formula is C11H14N6O2. The molecule has 0 radical (unpaired) electrons. The van der Waals surface area contributed by atoms with Crippen LogP contribution in [-0.4, -0.2) is 35.2 Å². The monoisotopic (exact) mass is 262 g/mol. The summed E-state index contributed by atoms with van der Waals surface area (Å²) in [6, 6.07) is 4.52. The summed E-state index contributed by atoms with van der Waals surface area (Å²) in [5, 5.41) is 12.3. The van der Waals surface area contributed by atoms with Gasteiger partial charge < -0.3 is 22.1 Å². The molecule has 1 aromatic carbocycles. The highest BCUT2D eigenvalue weighted by molar-refractivity contribution is 6.05. The number of hydrogen-bond donors (Lipinski definition) is 5. The molecule has 1 aromatic heterocycles. The van der Waals surface area contributed by atoms with Gasteiger partial charge in [-0.1, -0.05) is 0 Å². The summed E-state index contributed by atoms with van der Waals surface area (Å²) in [6.07, 6.45) is 0. The molecule has 2 aromatic rings. The lowest BCUT2D eigenvalue weighted by molar-refractivity contribution is 0.0950. The van der Waals surface area contributed by atoms with E-state index < -0.39 is 6.03 Å². The third-order valence-corrected chi connectivity index (χ3v) is 2.51. The van der Waals surface area contributed by atoms with Gasteiger partial charge in [0.1, 0.15) is 0 Å². The molecule has 0 spiro atoms. The number of carbonyl (C=O) groups excluding carboxylic acids is 2. The van der Waals surface area contributed by atoms with E-state index >= 15 is 0 Å². The van der Waals surface area contributed by atoms with E-state index in [1.165, 1.54) is 0 Å². The predicted octanol–water partition coefficient (Wildman–Crippen LogP) is -0.457. The number of carbonyl (C=O) groups is 2. The largest absolute Gasteiger partial charge is 0.399 e. The number of H-pyrrole nitrogens is 1. The number of hydrogen-bond acceptors (Lipinski definition) is 4. The molecule has 8 nitrogen and oxygen atoms in total. The van der Waals surface area contributed by atoms with E-state index in [1.807, 2.05) is 0 Å². The summed E-state index contributed by atoms with van der Waals surface area (Å²) in [6.45, 7) is 0.518. The number of nitrogens with zero attached hydrogens (tertiary/aromatic N) is 1. The number of aromatic amines is 1. The van der Waals surface area contributed by atoms with Crippen molar-refractivity contribution in [1.82, 2.24) is 20.8 Å². The van der Waals surface area contributed by atoms with Crippen LogP contribution in [0.5, 0.6) is 0 Å². The van der Waals surface area contributed by atoms with Gasteiger partial charge >= 0.3 is 6.03 Å². The average molecular weight is 262 g/mol. The lowest BCUT2D eigenvalue weighted by atomic mass is 10.2. The highest BCUT2D eigenvalue weighted by Crippen LogP contribution is 2.18. The first kappa shape index (κ1) is 12.7. The molecule has 0 bridgehead atoms. The van der Waals surface area contributed by atoms with Crippen LogP contribution in [0.2, 0.25) is 0 Å². The molecule has 0 atom stereocenters. The van der Waals surface area contributed by atoms with Crippen LogP contribution in [0.4, 0.5) is 10.5 Å². The Hall–Kier alpha value is -2.77. The summed E-state index contributed by atoms with van der Waals surface area (Å²) in [7, 11) is 0. The molecule has 0 fully saturated rings. The summed E-state index contributed by atoms with van der Waals surface area (Å²) in [4.78, 5) is 22.3. The Kier molecular flexibility index (Phi) is 3.51. The lowest BCUT2D eigenvalue weighted by Crippen LogP contribution is -2.37. The van der Waals surface area contributed by atoms with E-state index in [9.17, 15) is 9.59 Å². The summed E-state index contributed by atoms with van der Waals surface area (Å²) in [5.41, 5.74) is 12.1. The first-order valence-electron chi connectivity index (χ1n) is 5.63. The fourth-order valence-corrected chi connectivity index (χ4v) is 1.65. The molecule has 8 heteroatoms. The number of fused-ring (bicyclic) bond motifs is 1. The number of amides is 3. The first-order chi connectivity index (χ1) is 9.08. The van der Waals surface area contributed by atoms with Crippen molar-refractivity contribution in [2.75, 3.05) is 18.8 Å². The van der Waals surface area contributed by atoms with Crippen LogP contribution in [0.15, 0.2) is 18.2 Å². The van der Waals surface area contributed by atoms with E-state index in [-0.39, 0.29) is 24.7 Å². The van der Waals surface area contributed by atoms with E-state index in [2.05, 4.69) is 20.8 Å². The standard InChI is InChI=1S/C11H14N6O2/c12-6-1-2-8-7(5-6)9(17-16-8)10(18)14-3-4-15-11(13)19/h1-2,5H,3-4,12H2,(H,14,18)(H,16,17)(H3,13,15,19). The quantitative estimate of drug-likeness (QED) is 0.376. The minimum Gasteiger partial charge on any atom is -0.399 e. The van der Waals surface area contributed by atoms with Gasteiger partial charge in [0, 0.05) is 24.2 Å². The summed E-state index contributed by atoms with van der Waals surface area (Å²) >= 11 is 0. The smallest absolute Gasteiger partial charge is 0.312 e. The van der Waals surface area contributed by atoms with Crippen molar-refractivity contribution in [2.45, 2.75) is 0 Å². The molecule has 100 valence electrons. The Bertz CT molecular complexity index is 621. The normalized spacial score (nSPS) is 10.3. The van der Waals surface area contributed by atoms with Crippen LogP contribution in [0.25, 0.3) is 10.9 Å². The van der Waals surface area contributed by atoms with Crippen molar-refractivity contribution in [3.05, 3.63) is 23.9 Å². The van der Waals surface area contributed by atoms with Crippen molar-refractivity contribution in [3.8, 4) is 0 Å². The molecule has 0 aliphatic rings. The SMILES string of the molecule is NC(=O)NCCNC(=O)c1n[nH]c2ccc(N)cc12. The van der Waals surface area contributed by atoms with Crippen LogP contribution in [-0.2, 0) is 0 Å². The van der Waals surface area contributed by atoms with Gasteiger partial charge in [0.25, 0.3) is 5.91 Å². The van der Waals surface area contributed by atoms with Crippen molar-refractivity contribution >= 4 is 28.5 Å². The summed E-state index contributed by atoms with van der Waals surface area (Å²) < 4.78 is 0. The number of primary amides is 1. The van der Waals surface area contributed by atoms with Crippen LogP contribution in [0, 0.1) is 0 Å². The van der Waals surface area contributed by atoms with E-state index in [0.29, 0.717) is 11.1 Å². The number of nitrogens with one attached hydrogen (secondary N) is 3. The highest BCUT2D eigenvalue weighted by Gasteiger charge is 2.13. The van der Waals surface area contributed by atoms with Gasteiger partial charge in [-0.3, -0.25) is 9.89 Å². The zero-order chi connectivity index (χ0) is 13.8. The Balaban J connectivity index is 2.05. The number of nitrogens with two attached hydrogens (primary N) is 2. The van der Waals surface area contributed by atoms with Crippen molar-refractivity contribution < 1.29 is 9.59 Å². The fraction of sp³-hybridized carbons (Fsp3) is 0.182. The molecular weight excluding hydrogens is 248 g/mol. The lowest BCUT2D eigenvalue weighted by Gasteiger charge is -2.03. The molecule has 0 saturated carbocycles. The average Bonchev–Trinajstić information content (AvgIpc) is 2.77. The summed E-state index contributed by atoms with van der Waals surface area (Å²) in [5.74, 6) is -0.344. The maximum atomic E-state index is 11.9. The van der Waals surface area contributed by atoms with E-state index in [0.717, 1.165) is 5.52 Å². The molecule has 2 rings (SSSR count). The molecule has 19 heavy (non-hydrogen) atoms. The van der Waals surface area contributed by atoms with Crippen LogP contribution >= 0.6 is 0 Å². The van der Waals surface area contributed by atoms with Crippen molar-refractivity contribution in [2.24, 2.45) is 5.73 Å². The van der Waals surface area contributed by atoms with E-state index in [4.69, 9.17) is 11.5 Å². The van der Waals surface area contributed by atoms with Crippen molar-refractivity contribution in [3.63, 3.8) is 0 Å². The predicted molar refractivity (Wildman–Crippen MR) is 70.4 cm³/mol. The number of rotatable bonds is 4. The Labute approximate surface area is 108 Å². The van der Waals surface area contributed by atoms with Crippen LogP contribution < -0.4 is 22.1 Å².